The molecule has 4 heterocycles. The maximum Gasteiger partial charge on any atom is 0.253 e. The summed E-state index contributed by atoms with van der Waals surface area (Å²) in [6, 6.07) is 20.4. The smallest absolute Gasteiger partial charge is 0.253 e. The number of nitrogens with zero attached hydrogens (tertiary/aromatic N) is 6. The number of amides is 1. The summed E-state index contributed by atoms with van der Waals surface area (Å²) in [5.74, 6) is 1.01. The van der Waals surface area contributed by atoms with Crippen molar-refractivity contribution in [3.63, 3.8) is 0 Å². The molecule has 2 saturated heterocycles. The van der Waals surface area contributed by atoms with E-state index in [4.69, 9.17) is 4.74 Å². The number of ether oxygens (including phenoxy) is 1. The number of piperazine rings is 1. The molecule has 0 atom stereocenters. The minimum absolute atomic E-state index is 0.0816. The average molecular weight is 537 g/mol. The monoisotopic (exact) mass is 536 g/mol. The fourth-order valence-electron chi connectivity index (χ4n) is 5.57. The maximum atomic E-state index is 13.1. The van der Waals surface area contributed by atoms with E-state index in [1.54, 1.807) is 12.5 Å². The Hall–Kier alpha value is -4.01. The van der Waals surface area contributed by atoms with Crippen LogP contribution >= 0.6 is 0 Å². The number of likely N-dealkylation sites (tertiary alicyclic amines) is 1. The number of carbonyl (C=O) groups is 1. The predicted molar refractivity (Wildman–Crippen MR) is 154 cm³/mol. The Bertz CT molecular complexity index is 1360. The minimum atomic E-state index is 0.0816. The summed E-state index contributed by atoms with van der Waals surface area (Å²) >= 11 is 0. The molecule has 1 amide bonds. The summed E-state index contributed by atoms with van der Waals surface area (Å²) in [7, 11) is 0. The van der Waals surface area contributed by atoms with E-state index in [9.17, 15) is 4.79 Å². The number of pyridine rings is 1. The largest absolute Gasteiger partial charge is 0.490 e. The Balaban J connectivity index is 0.956. The number of benzene rings is 2. The normalized spacial score (nSPS) is 17.1. The van der Waals surface area contributed by atoms with Gasteiger partial charge >= 0.3 is 0 Å². The molecule has 206 valence electrons. The molecule has 4 aromatic rings. The van der Waals surface area contributed by atoms with Crippen molar-refractivity contribution >= 4 is 5.91 Å². The number of piperidine rings is 1. The van der Waals surface area contributed by atoms with Crippen LogP contribution in [0.25, 0.3) is 5.69 Å². The van der Waals surface area contributed by atoms with Crippen molar-refractivity contribution in [2.75, 3.05) is 39.3 Å². The van der Waals surface area contributed by atoms with Crippen molar-refractivity contribution < 1.29 is 9.53 Å². The van der Waals surface area contributed by atoms with Gasteiger partial charge in [-0.05, 0) is 53.6 Å². The van der Waals surface area contributed by atoms with E-state index in [1.165, 1.54) is 11.1 Å². The molecule has 0 saturated carbocycles. The average Bonchev–Trinajstić information content (AvgIpc) is 3.55. The second-order valence-electron chi connectivity index (χ2n) is 10.7. The fraction of sp³-hybridized carbons (Fsp3) is 0.344. The third-order valence-corrected chi connectivity index (χ3v) is 7.85. The number of hydrogen-bond donors (Lipinski definition) is 0. The van der Waals surface area contributed by atoms with E-state index in [0.717, 1.165) is 63.5 Å². The standard InChI is InChI=1S/C32H36N6O2/c39-32(28-6-8-29(9-7-28)38-16-13-34-25-38)37-14-10-30(11-15-37)40-31-5-1-3-26(21-31)23-35-17-19-36(20-18-35)24-27-4-2-12-33-22-27/h1-9,12-13,16,21-22,25,30H,10-11,14-15,17-20,23-24H2. The number of imidazole rings is 1. The number of rotatable bonds is 8. The van der Waals surface area contributed by atoms with Crippen molar-refractivity contribution in [2.24, 2.45) is 0 Å². The zero-order chi connectivity index (χ0) is 27.1. The van der Waals surface area contributed by atoms with Crippen LogP contribution < -0.4 is 4.74 Å². The molecule has 2 aromatic carbocycles. The van der Waals surface area contributed by atoms with Gasteiger partial charge in [-0.1, -0.05) is 18.2 Å². The minimum Gasteiger partial charge on any atom is -0.490 e. The van der Waals surface area contributed by atoms with Crippen LogP contribution in [0.2, 0.25) is 0 Å². The fourth-order valence-corrected chi connectivity index (χ4v) is 5.57. The van der Waals surface area contributed by atoms with E-state index >= 15 is 0 Å². The van der Waals surface area contributed by atoms with Gasteiger partial charge in [-0.25, -0.2) is 4.98 Å². The zero-order valence-electron chi connectivity index (χ0n) is 22.8. The van der Waals surface area contributed by atoms with Gasteiger partial charge in [-0.3, -0.25) is 19.6 Å². The third kappa shape index (κ3) is 6.58. The van der Waals surface area contributed by atoms with Gasteiger partial charge in [0, 0.05) is 101 Å². The van der Waals surface area contributed by atoms with Crippen molar-refractivity contribution in [1.82, 2.24) is 29.2 Å². The Kier molecular flexibility index (Phi) is 8.16. The highest BCUT2D eigenvalue weighted by Gasteiger charge is 2.25. The van der Waals surface area contributed by atoms with Crippen LogP contribution in [0.15, 0.2) is 91.8 Å². The van der Waals surface area contributed by atoms with Gasteiger partial charge in [0.1, 0.15) is 11.9 Å². The lowest BCUT2D eigenvalue weighted by Crippen LogP contribution is -2.45. The van der Waals surface area contributed by atoms with Crippen LogP contribution in [-0.4, -0.2) is 80.5 Å². The summed E-state index contributed by atoms with van der Waals surface area (Å²) in [5, 5.41) is 0. The molecule has 0 aliphatic carbocycles. The van der Waals surface area contributed by atoms with E-state index < -0.39 is 0 Å². The van der Waals surface area contributed by atoms with Crippen LogP contribution in [0.3, 0.4) is 0 Å². The van der Waals surface area contributed by atoms with Gasteiger partial charge < -0.3 is 14.2 Å². The first-order valence-electron chi connectivity index (χ1n) is 14.2. The lowest BCUT2D eigenvalue weighted by Gasteiger charge is -2.35. The molecule has 0 radical (unpaired) electrons. The highest BCUT2D eigenvalue weighted by Crippen LogP contribution is 2.23. The lowest BCUT2D eigenvalue weighted by atomic mass is 10.1. The van der Waals surface area contributed by atoms with Crippen molar-refractivity contribution in [1.29, 1.82) is 0 Å². The SMILES string of the molecule is O=C(c1ccc(-n2ccnc2)cc1)N1CCC(Oc2cccc(CN3CCN(Cc4cccnc4)CC3)c2)CC1. The van der Waals surface area contributed by atoms with Gasteiger partial charge in [-0.2, -0.15) is 0 Å². The Labute approximate surface area is 235 Å². The van der Waals surface area contributed by atoms with E-state index in [1.807, 2.05) is 58.4 Å². The first-order valence-corrected chi connectivity index (χ1v) is 14.2. The summed E-state index contributed by atoms with van der Waals surface area (Å²) in [4.78, 5) is 28.3. The number of hydrogen-bond acceptors (Lipinski definition) is 6. The second kappa shape index (κ2) is 12.4. The third-order valence-electron chi connectivity index (χ3n) is 7.85. The molecule has 2 fully saturated rings. The molecule has 8 nitrogen and oxygen atoms in total. The van der Waals surface area contributed by atoms with E-state index in [0.29, 0.717) is 18.7 Å². The van der Waals surface area contributed by atoms with Crippen molar-refractivity contribution in [3.05, 3.63) is 108 Å². The summed E-state index contributed by atoms with van der Waals surface area (Å²) in [5.41, 5.74) is 4.27. The lowest BCUT2D eigenvalue weighted by molar-refractivity contribution is 0.0595. The molecule has 2 aromatic heterocycles. The highest BCUT2D eigenvalue weighted by atomic mass is 16.5. The zero-order valence-corrected chi connectivity index (χ0v) is 22.8. The Morgan fingerprint density at radius 2 is 1.52 bits per heavy atom. The number of aromatic nitrogens is 3. The molecule has 8 heteroatoms. The Morgan fingerprint density at radius 1 is 0.800 bits per heavy atom. The molecule has 6 rings (SSSR count). The van der Waals surface area contributed by atoms with Crippen molar-refractivity contribution in [2.45, 2.75) is 32.0 Å². The molecule has 0 unspecified atom stereocenters. The second-order valence-corrected chi connectivity index (χ2v) is 10.7. The molecule has 40 heavy (non-hydrogen) atoms. The summed E-state index contributed by atoms with van der Waals surface area (Å²) in [6.07, 6.45) is 11.0. The van der Waals surface area contributed by atoms with Gasteiger partial charge in [0.2, 0.25) is 0 Å². The topological polar surface area (TPSA) is 66.7 Å². The van der Waals surface area contributed by atoms with Gasteiger partial charge in [0.25, 0.3) is 5.91 Å². The highest BCUT2D eigenvalue weighted by molar-refractivity contribution is 5.94. The number of carbonyl (C=O) groups excluding carboxylic acids is 1. The predicted octanol–water partition coefficient (Wildman–Crippen LogP) is 4.27. The molecule has 2 aliphatic rings. The summed E-state index contributed by atoms with van der Waals surface area (Å²) < 4.78 is 8.31. The Morgan fingerprint density at radius 3 is 2.20 bits per heavy atom. The van der Waals surface area contributed by atoms with Crippen LogP contribution in [0.5, 0.6) is 5.75 Å². The molecule has 0 bridgehead atoms. The van der Waals surface area contributed by atoms with Crippen molar-refractivity contribution in [3.8, 4) is 11.4 Å². The van der Waals surface area contributed by atoms with Gasteiger partial charge in [-0.15, -0.1) is 0 Å². The van der Waals surface area contributed by atoms with Crippen LogP contribution in [0, 0.1) is 0 Å². The van der Waals surface area contributed by atoms with E-state index in [-0.39, 0.29) is 12.0 Å². The molecule has 0 N–H and O–H groups in total. The molecule has 0 spiro atoms. The first-order chi connectivity index (χ1) is 19.7. The quantitative estimate of drug-likeness (QED) is 0.335. The maximum absolute atomic E-state index is 13.1. The van der Waals surface area contributed by atoms with Crippen LogP contribution in [0.4, 0.5) is 0 Å². The van der Waals surface area contributed by atoms with Crippen LogP contribution in [0.1, 0.15) is 34.3 Å². The van der Waals surface area contributed by atoms with Crippen LogP contribution in [-0.2, 0) is 13.1 Å². The molecule has 2 aliphatic heterocycles. The summed E-state index contributed by atoms with van der Waals surface area (Å²) in [6.45, 7) is 7.56. The molecular formula is C32H36N6O2. The van der Waals surface area contributed by atoms with Gasteiger partial charge in [0.05, 0.1) is 6.33 Å². The molecular weight excluding hydrogens is 500 g/mol. The van der Waals surface area contributed by atoms with Gasteiger partial charge in [0.15, 0.2) is 0 Å². The first kappa shape index (κ1) is 26.2. The van der Waals surface area contributed by atoms with E-state index in [2.05, 4.69) is 50.1 Å².